The second-order valence-corrected chi connectivity index (χ2v) is 4.71. The van der Waals surface area contributed by atoms with Gasteiger partial charge in [0.2, 0.25) is 0 Å². The van der Waals surface area contributed by atoms with Gasteiger partial charge in [0, 0.05) is 23.0 Å². The molecule has 0 bridgehead atoms. The summed E-state index contributed by atoms with van der Waals surface area (Å²) >= 11 is 5.88. The van der Waals surface area contributed by atoms with E-state index in [1.54, 1.807) is 23.0 Å². The number of anilines is 1. The maximum absolute atomic E-state index is 5.88. The number of halogens is 1. The highest BCUT2D eigenvalue weighted by Crippen LogP contribution is 2.14. The van der Waals surface area contributed by atoms with Crippen molar-refractivity contribution in [2.75, 3.05) is 5.32 Å². The molecule has 0 aliphatic heterocycles. The van der Waals surface area contributed by atoms with E-state index >= 15 is 0 Å². The van der Waals surface area contributed by atoms with Gasteiger partial charge in [0.05, 0.1) is 5.69 Å². The molecule has 3 aromatic rings. The van der Waals surface area contributed by atoms with Crippen LogP contribution in [-0.2, 0) is 0 Å². The third-order valence-electron chi connectivity index (χ3n) is 2.82. The Morgan fingerprint density at radius 2 is 1.76 bits per heavy atom. The zero-order chi connectivity index (χ0) is 14.5. The van der Waals surface area contributed by atoms with Crippen LogP contribution in [-0.4, -0.2) is 20.2 Å². The fourth-order valence-corrected chi connectivity index (χ4v) is 1.94. The van der Waals surface area contributed by atoms with E-state index in [0.717, 1.165) is 11.4 Å². The first-order valence-electron chi connectivity index (χ1n) is 6.35. The highest BCUT2D eigenvalue weighted by atomic mass is 35.5. The van der Waals surface area contributed by atoms with Gasteiger partial charge in [-0.15, -0.1) is 5.10 Å². The smallest absolute Gasteiger partial charge is 0.181 e. The van der Waals surface area contributed by atoms with Crippen molar-refractivity contribution < 1.29 is 0 Å². The van der Waals surface area contributed by atoms with Crippen molar-refractivity contribution in [1.82, 2.24) is 20.2 Å². The Balaban J connectivity index is 1.78. The zero-order valence-electron chi connectivity index (χ0n) is 11.0. The van der Waals surface area contributed by atoms with Crippen molar-refractivity contribution in [3.8, 4) is 5.69 Å². The van der Waals surface area contributed by atoms with Crippen LogP contribution in [0.3, 0.4) is 0 Å². The Hall–Kier alpha value is -2.66. The van der Waals surface area contributed by atoms with E-state index in [2.05, 4.69) is 20.8 Å². The summed E-state index contributed by atoms with van der Waals surface area (Å²) in [6.07, 6.45) is 3.61. The van der Waals surface area contributed by atoms with Gasteiger partial charge in [0.25, 0.3) is 0 Å². The Morgan fingerprint density at radius 1 is 1.00 bits per heavy atom. The number of hydrogen-bond donors (Lipinski definition) is 1. The second-order valence-electron chi connectivity index (χ2n) is 4.27. The van der Waals surface area contributed by atoms with Crippen LogP contribution in [0.5, 0.6) is 0 Å². The average molecular weight is 298 g/mol. The summed E-state index contributed by atoms with van der Waals surface area (Å²) in [6.45, 7) is 0. The van der Waals surface area contributed by atoms with Crippen LogP contribution < -0.4 is 5.32 Å². The largest absolute Gasteiger partial charge is 0.362 e. The number of aromatic nitrogens is 4. The van der Waals surface area contributed by atoms with Crippen molar-refractivity contribution in [3.05, 3.63) is 71.6 Å². The van der Waals surface area contributed by atoms with E-state index in [9.17, 15) is 0 Å². The molecule has 3 rings (SSSR count). The van der Waals surface area contributed by atoms with Gasteiger partial charge in [-0.3, -0.25) is 0 Å². The average Bonchev–Trinajstić information content (AvgIpc) is 2.98. The maximum atomic E-state index is 5.88. The topological polar surface area (TPSA) is 55.6 Å². The minimum atomic E-state index is 0.626. The monoisotopic (exact) mass is 297 g/mol. The van der Waals surface area contributed by atoms with Gasteiger partial charge in [0.15, 0.2) is 5.82 Å². The molecule has 5 nitrogen and oxygen atoms in total. The molecule has 0 saturated heterocycles. The summed E-state index contributed by atoms with van der Waals surface area (Å²) in [7, 11) is 0. The van der Waals surface area contributed by atoms with Gasteiger partial charge >= 0.3 is 0 Å². The van der Waals surface area contributed by atoms with E-state index in [1.165, 1.54) is 0 Å². The molecule has 0 atom stereocenters. The molecule has 1 N–H and O–H groups in total. The van der Waals surface area contributed by atoms with E-state index in [0.29, 0.717) is 10.8 Å². The van der Waals surface area contributed by atoms with E-state index < -0.39 is 0 Å². The molecule has 21 heavy (non-hydrogen) atoms. The van der Waals surface area contributed by atoms with Crippen LogP contribution in [0.25, 0.3) is 11.8 Å². The summed E-state index contributed by atoms with van der Waals surface area (Å²) in [5, 5.41) is 15.5. The Bertz CT molecular complexity index is 734. The van der Waals surface area contributed by atoms with Crippen LogP contribution in [0.1, 0.15) is 5.82 Å². The first-order chi connectivity index (χ1) is 10.3. The Morgan fingerprint density at radius 3 is 2.52 bits per heavy atom. The van der Waals surface area contributed by atoms with Crippen LogP contribution in [0.2, 0.25) is 5.02 Å². The lowest BCUT2D eigenvalue weighted by Crippen LogP contribution is -1.99. The van der Waals surface area contributed by atoms with Crippen LogP contribution in [0, 0.1) is 0 Å². The standard InChI is InChI=1S/C15H12ClN5/c16-12-6-8-14(9-7-12)21-15(18-19-20-21)10-11-17-13-4-2-1-3-5-13/h1-11,17H/b11-10+. The van der Waals surface area contributed by atoms with E-state index in [4.69, 9.17) is 11.6 Å². The molecule has 1 heterocycles. The third-order valence-corrected chi connectivity index (χ3v) is 3.07. The molecule has 0 fully saturated rings. The normalized spacial score (nSPS) is 10.9. The zero-order valence-corrected chi connectivity index (χ0v) is 11.8. The van der Waals surface area contributed by atoms with Gasteiger partial charge < -0.3 is 5.32 Å². The molecule has 0 amide bonds. The molecule has 0 unspecified atom stereocenters. The molecule has 1 aromatic heterocycles. The van der Waals surface area contributed by atoms with Crippen LogP contribution >= 0.6 is 11.6 Å². The van der Waals surface area contributed by atoms with E-state index in [-0.39, 0.29) is 0 Å². The predicted octanol–water partition coefficient (Wildman–Crippen LogP) is 3.40. The lowest BCUT2D eigenvalue weighted by molar-refractivity contribution is 0.787. The second kappa shape index (κ2) is 6.19. The fraction of sp³-hybridized carbons (Fsp3) is 0. The van der Waals surface area contributed by atoms with Gasteiger partial charge in [0.1, 0.15) is 0 Å². The number of hydrogen-bond acceptors (Lipinski definition) is 4. The first kappa shape index (κ1) is 13.3. The summed E-state index contributed by atoms with van der Waals surface area (Å²) in [5.41, 5.74) is 1.85. The third kappa shape index (κ3) is 3.27. The molecule has 0 aliphatic carbocycles. The minimum Gasteiger partial charge on any atom is -0.362 e. The molecule has 2 aromatic carbocycles. The van der Waals surface area contributed by atoms with Crippen molar-refractivity contribution in [3.63, 3.8) is 0 Å². The molecular weight excluding hydrogens is 286 g/mol. The highest BCUT2D eigenvalue weighted by molar-refractivity contribution is 6.30. The van der Waals surface area contributed by atoms with E-state index in [1.807, 2.05) is 48.5 Å². The quantitative estimate of drug-likeness (QED) is 0.802. The number of nitrogens with zero attached hydrogens (tertiary/aromatic N) is 4. The predicted molar refractivity (Wildman–Crippen MR) is 83.3 cm³/mol. The molecule has 0 spiro atoms. The van der Waals surface area contributed by atoms with Gasteiger partial charge in [-0.1, -0.05) is 29.8 Å². The summed E-state index contributed by atoms with van der Waals surface area (Å²) in [4.78, 5) is 0. The lowest BCUT2D eigenvalue weighted by Gasteiger charge is -2.02. The number of nitrogens with one attached hydrogen (secondary N) is 1. The number of benzene rings is 2. The van der Waals surface area contributed by atoms with Crippen molar-refractivity contribution in [1.29, 1.82) is 0 Å². The number of para-hydroxylation sites is 1. The van der Waals surface area contributed by atoms with Gasteiger partial charge in [-0.2, -0.15) is 4.68 Å². The summed E-state index contributed by atoms with van der Waals surface area (Å²) < 4.78 is 1.64. The van der Waals surface area contributed by atoms with Crippen molar-refractivity contribution in [2.24, 2.45) is 0 Å². The lowest BCUT2D eigenvalue weighted by atomic mass is 10.3. The first-order valence-corrected chi connectivity index (χ1v) is 6.73. The number of rotatable bonds is 4. The van der Waals surface area contributed by atoms with Crippen LogP contribution in [0.4, 0.5) is 5.69 Å². The Labute approximate surface area is 126 Å². The van der Waals surface area contributed by atoms with Crippen LogP contribution in [0.15, 0.2) is 60.8 Å². The summed E-state index contributed by atoms with van der Waals surface area (Å²) in [6, 6.07) is 17.2. The molecule has 6 heteroatoms. The maximum Gasteiger partial charge on any atom is 0.181 e. The highest BCUT2D eigenvalue weighted by Gasteiger charge is 2.04. The molecule has 0 saturated carbocycles. The molecule has 0 aliphatic rings. The van der Waals surface area contributed by atoms with Gasteiger partial charge in [-0.05, 0) is 46.8 Å². The van der Waals surface area contributed by atoms with Crippen molar-refractivity contribution in [2.45, 2.75) is 0 Å². The molecular formula is C15H12ClN5. The Kier molecular flexibility index (Phi) is 3.93. The SMILES string of the molecule is Clc1ccc(-n2nnnc2/C=C/Nc2ccccc2)cc1. The molecule has 0 radical (unpaired) electrons. The van der Waals surface area contributed by atoms with Gasteiger partial charge in [-0.25, -0.2) is 0 Å². The number of tetrazole rings is 1. The van der Waals surface area contributed by atoms with Crippen molar-refractivity contribution >= 4 is 23.4 Å². The minimum absolute atomic E-state index is 0.626. The summed E-state index contributed by atoms with van der Waals surface area (Å²) in [5.74, 6) is 0.626. The molecule has 104 valence electrons. The fourth-order valence-electron chi connectivity index (χ4n) is 1.81.